The fourth-order valence-corrected chi connectivity index (χ4v) is 4.76. The van der Waals surface area contributed by atoms with Crippen LogP contribution in [0.15, 0.2) is 42.6 Å². The lowest BCUT2D eigenvalue weighted by Gasteiger charge is -2.44. The third-order valence-corrected chi connectivity index (χ3v) is 6.79. The number of nitrogens with zero attached hydrogens (tertiary/aromatic N) is 3. The van der Waals surface area contributed by atoms with Crippen LogP contribution in [0.25, 0.3) is 0 Å². The molecule has 1 aromatic heterocycles. The van der Waals surface area contributed by atoms with Crippen molar-refractivity contribution in [1.82, 2.24) is 14.8 Å². The largest absolute Gasteiger partial charge is 0.508 e. The van der Waals surface area contributed by atoms with Crippen LogP contribution in [0.2, 0.25) is 0 Å². The van der Waals surface area contributed by atoms with Gasteiger partial charge in [0.1, 0.15) is 5.75 Å². The molecule has 1 N–H and O–H groups in total. The summed E-state index contributed by atoms with van der Waals surface area (Å²) in [5, 5.41) is 10.2. The van der Waals surface area contributed by atoms with E-state index in [2.05, 4.69) is 24.8 Å². The summed E-state index contributed by atoms with van der Waals surface area (Å²) in [5.74, 6) is 0.948. The highest BCUT2D eigenvalue weighted by atomic mass is 16.3. The van der Waals surface area contributed by atoms with Gasteiger partial charge in [-0.3, -0.25) is 9.78 Å². The van der Waals surface area contributed by atoms with Gasteiger partial charge < -0.3 is 14.9 Å². The molecular weight excluding hydrogens is 386 g/mol. The number of hydrogen-bond donors (Lipinski definition) is 1. The summed E-state index contributed by atoms with van der Waals surface area (Å²) in [4.78, 5) is 21.9. The molecule has 2 heterocycles. The Balaban J connectivity index is 1.98. The van der Waals surface area contributed by atoms with Crippen LogP contribution in [-0.2, 0) is 5.41 Å². The molecule has 1 fully saturated rings. The summed E-state index contributed by atoms with van der Waals surface area (Å²) in [6, 6.07) is 11.6. The first-order valence-corrected chi connectivity index (χ1v) is 11.7. The number of phenols is 1. The lowest BCUT2D eigenvalue weighted by atomic mass is 9.71. The van der Waals surface area contributed by atoms with Gasteiger partial charge in [-0.2, -0.15) is 0 Å². The maximum atomic E-state index is 12.7. The van der Waals surface area contributed by atoms with Crippen molar-refractivity contribution in [2.75, 3.05) is 32.7 Å². The van der Waals surface area contributed by atoms with Gasteiger partial charge in [0.2, 0.25) is 0 Å². The summed E-state index contributed by atoms with van der Waals surface area (Å²) in [5.41, 5.74) is 2.41. The second-order valence-corrected chi connectivity index (χ2v) is 8.89. The summed E-state index contributed by atoms with van der Waals surface area (Å²) in [7, 11) is 0. The minimum atomic E-state index is -0.290. The minimum absolute atomic E-state index is 0.0255. The number of piperidine rings is 1. The molecule has 2 aromatic rings. The Kier molecular flexibility index (Phi) is 7.71. The number of aromatic hydroxyl groups is 1. The van der Waals surface area contributed by atoms with Crippen molar-refractivity contribution in [2.45, 2.75) is 52.4 Å². The van der Waals surface area contributed by atoms with E-state index in [1.807, 2.05) is 43.0 Å². The van der Waals surface area contributed by atoms with Gasteiger partial charge in [-0.05, 0) is 69.0 Å². The molecule has 1 saturated heterocycles. The van der Waals surface area contributed by atoms with E-state index in [9.17, 15) is 9.90 Å². The highest BCUT2D eigenvalue weighted by molar-refractivity contribution is 5.93. The molecule has 0 saturated carbocycles. The number of aromatic nitrogens is 1. The van der Waals surface area contributed by atoms with Crippen LogP contribution < -0.4 is 0 Å². The smallest absolute Gasteiger partial charge is 0.255 e. The van der Waals surface area contributed by atoms with Crippen LogP contribution in [0.1, 0.15) is 68.6 Å². The molecule has 2 atom stereocenters. The van der Waals surface area contributed by atoms with E-state index in [4.69, 9.17) is 4.98 Å². The van der Waals surface area contributed by atoms with Crippen LogP contribution >= 0.6 is 0 Å². The molecule has 1 aliphatic heterocycles. The van der Waals surface area contributed by atoms with Crippen LogP contribution in [0, 0.1) is 5.92 Å². The Morgan fingerprint density at radius 3 is 2.61 bits per heavy atom. The molecule has 0 bridgehead atoms. The fourth-order valence-electron chi connectivity index (χ4n) is 4.76. The normalized spacial score (nSPS) is 20.4. The third-order valence-electron chi connectivity index (χ3n) is 6.79. The number of rotatable bonds is 8. The molecular formula is C26H37N3O2. The van der Waals surface area contributed by atoms with Gasteiger partial charge in [0.15, 0.2) is 0 Å². The predicted octanol–water partition coefficient (Wildman–Crippen LogP) is 4.70. The van der Waals surface area contributed by atoms with Gasteiger partial charge in [0.05, 0.1) is 16.7 Å². The second-order valence-electron chi connectivity index (χ2n) is 8.89. The van der Waals surface area contributed by atoms with Gasteiger partial charge in [0, 0.05) is 32.4 Å². The highest BCUT2D eigenvalue weighted by Crippen LogP contribution is 2.40. The number of carbonyl (C=O) groups is 1. The summed E-state index contributed by atoms with van der Waals surface area (Å²) >= 11 is 0. The van der Waals surface area contributed by atoms with Gasteiger partial charge in [-0.1, -0.05) is 32.4 Å². The Hall–Kier alpha value is -2.40. The number of hydrogen-bond acceptors (Lipinski definition) is 4. The number of likely N-dealkylation sites (tertiary alicyclic amines) is 1. The first-order chi connectivity index (χ1) is 14.9. The van der Waals surface area contributed by atoms with E-state index < -0.39 is 0 Å². The molecule has 3 rings (SSSR count). The Labute approximate surface area is 187 Å². The maximum absolute atomic E-state index is 12.7. The molecule has 1 aliphatic rings. The van der Waals surface area contributed by atoms with Crippen molar-refractivity contribution < 1.29 is 9.90 Å². The van der Waals surface area contributed by atoms with E-state index >= 15 is 0 Å². The molecule has 1 aromatic carbocycles. The zero-order valence-electron chi connectivity index (χ0n) is 19.5. The van der Waals surface area contributed by atoms with E-state index in [1.54, 1.807) is 12.3 Å². The zero-order chi connectivity index (χ0) is 22.4. The average Bonchev–Trinajstić information content (AvgIpc) is 2.80. The Morgan fingerprint density at radius 2 is 2.00 bits per heavy atom. The predicted molar refractivity (Wildman–Crippen MR) is 126 cm³/mol. The molecule has 0 spiro atoms. The number of pyridine rings is 1. The zero-order valence-corrected chi connectivity index (χ0v) is 19.5. The van der Waals surface area contributed by atoms with E-state index in [0.29, 0.717) is 24.6 Å². The maximum Gasteiger partial charge on any atom is 0.255 e. The van der Waals surface area contributed by atoms with Crippen LogP contribution in [0.3, 0.4) is 0 Å². The van der Waals surface area contributed by atoms with E-state index in [0.717, 1.165) is 50.2 Å². The Bertz CT molecular complexity index is 863. The van der Waals surface area contributed by atoms with Gasteiger partial charge >= 0.3 is 0 Å². The molecule has 0 aliphatic carbocycles. The van der Waals surface area contributed by atoms with Gasteiger partial charge in [-0.25, -0.2) is 0 Å². The molecule has 1 amide bonds. The Morgan fingerprint density at radius 1 is 1.23 bits per heavy atom. The van der Waals surface area contributed by atoms with Crippen LogP contribution in [-0.4, -0.2) is 58.5 Å². The lowest BCUT2D eigenvalue weighted by molar-refractivity contribution is 0.0772. The van der Waals surface area contributed by atoms with Crippen molar-refractivity contribution in [1.29, 1.82) is 0 Å². The number of phenolic OH excluding ortho intramolecular Hbond substituents is 1. The standard InChI is InChI=1S/C26H37N3O2/c1-5-20(4)18-28-15-9-14-26(19-28,22-10-8-11-23(30)16-22)24-13-12-21(17-27-24)25(31)29(6-2)7-3/h8,10-13,16-17,20,30H,5-7,9,14-15,18-19H2,1-4H3. The van der Waals surface area contributed by atoms with Crippen LogP contribution in [0.4, 0.5) is 0 Å². The second kappa shape index (κ2) is 10.3. The lowest BCUT2D eigenvalue weighted by Crippen LogP contribution is -2.48. The fraction of sp³-hybridized carbons (Fsp3) is 0.538. The van der Waals surface area contributed by atoms with Crippen molar-refractivity contribution in [3.63, 3.8) is 0 Å². The quantitative estimate of drug-likeness (QED) is 0.669. The van der Waals surface area contributed by atoms with Gasteiger partial charge in [-0.15, -0.1) is 0 Å². The molecule has 5 heteroatoms. The van der Waals surface area contributed by atoms with Gasteiger partial charge in [0.25, 0.3) is 5.91 Å². The average molecular weight is 424 g/mol. The molecule has 0 radical (unpaired) electrons. The van der Waals surface area contributed by atoms with Crippen LogP contribution in [0.5, 0.6) is 5.75 Å². The number of carbonyl (C=O) groups excluding carboxylic acids is 1. The summed E-state index contributed by atoms with van der Waals surface area (Å²) in [6.45, 7) is 12.9. The third kappa shape index (κ3) is 5.09. The molecule has 31 heavy (non-hydrogen) atoms. The van der Waals surface area contributed by atoms with Crippen molar-refractivity contribution in [3.8, 4) is 5.75 Å². The topological polar surface area (TPSA) is 56.7 Å². The first-order valence-electron chi connectivity index (χ1n) is 11.7. The van der Waals surface area contributed by atoms with Crippen molar-refractivity contribution in [2.24, 2.45) is 5.92 Å². The SMILES string of the molecule is CCC(C)CN1CCCC(c2cccc(O)c2)(c2ccc(C(=O)N(CC)CC)cn2)C1. The number of benzene rings is 1. The molecule has 5 nitrogen and oxygen atoms in total. The van der Waals surface area contributed by atoms with Crippen molar-refractivity contribution in [3.05, 3.63) is 59.4 Å². The summed E-state index contributed by atoms with van der Waals surface area (Å²) in [6.07, 6.45) is 4.95. The molecule has 2 unspecified atom stereocenters. The molecule has 168 valence electrons. The monoisotopic (exact) mass is 423 g/mol. The number of amides is 1. The first kappa shape index (κ1) is 23.3. The highest BCUT2D eigenvalue weighted by Gasteiger charge is 2.40. The van der Waals surface area contributed by atoms with E-state index in [1.165, 1.54) is 0 Å². The summed E-state index contributed by atoms with van der Waals surface area (Å²) < 4.78 is 0. The van der Waals surface area contributed by atoms with Crippen molar-refractivity contribution >= 4 is 5.91 Å². The minimum Gasteiger partial charge on any atom is -0.508 e. The van der Waals surface area contributed by atoms with E-state index in [-0.39, 0.29) is 17.1 Å².